The van der Waals surface area contributed by atoms with Crippen LogP contribution >= 0.6 is 7.82 Å². The number of unbranched alkanes of at least 4 members (excludes halogenated alkanes) is 34. The van der Waals surface area contributed by atoms with Gasteiger partial charge in [-0.15, -0.1) is 0 Å². The van der Waals surface area contributed by atoms with Crippen molar-refractivity contribution in [3.8, 4) is 0 Å². The Bertz CT molecular complexity index is 1340. The fraction of sp³-hybridized carbons (Fsp3) is 0.823. The Hall–Kier alpha value is -1.80. The fourth-order valence-corrected chi connectivity index (χ4v) is 9.52. The number of phosphoric acid groups is 1. The first-order valence-electron chi connectivity index (χ1n) is 30.2. The van der Waals surface area contributed by atoms with Gasteiger partial charge in [-0.1, -0.05) is 274 Å². The highest BCUT2D eigenvalue weighted by Gasteiger charge is 2.23. The van der Waals surface area contributed by atoms with Gasteiger partial charge in [-0.3, -0.25) is 9.36 Å². The van der Waals surface area contributed by atoms with Gasteiger partial charge in [0.2, 0.25) is 5.91 Å². The molecule has 0 aromatic rings. The summed E-state index contributed by atoms with van der Waals surface area (Å²) in [5.41, 5.74) is 0. The summed E-state index contributed by atoms with van der Waals surface area (Å²) in [5.74, 6) is -0.194. The molecule has 0 aromatic heterocycles. The van der Waals surface area contributed by atoms with Crippen LogP contribution in [0.3, 0.4) is 0 Å². The van der Waals surface area contributed by atoms with E-state index in [1.807, 2.05) is 27.2 Å². The van der Waals surface area contributed by atoms with Crippen molar-refractivity contribution in [2.24, 2.45) is 0 Å². The molecule has 0 aliphatic heterocycles. The van der Waals surface area contributed by atoms with E-state index in [2.05, 4.69) is 67.8 Å². The van der Waals surface area contributed by atoms with E-state index in [4.69, 9.17) is 9.05 Å². The van der Waals surface area contributed by atoms with Gasteiger partial charge in [-0.2, -0.15) is 0 Å². The zero-order chi connectivity index (χ0) is 52.0. The maximum Gasteiger partial charge on any atom is 0.268 e. The number of likely N-dealkylation sites (N-methyl/N-ethyl adjacent to an activating group) is 1. The SMILES string of the molecule is CC/C=C\C/C=C\C/C=C\C/C=C\CCCCCCCCCCCCCCCCCCCCCCC(=O)NC(COP(=O)([O-])OCC[N+](C)(C)C)C(O)/C=C/CCCCCCCCCCCCCCCC. The summed E-state index contributed by atoms with van der Waals surface area (Å²) in [6.45, 7) is 4.56. The first-order chi connectivity index (χ1) is 34.5. The van der Waals surface area contributed by atoms with Crippen molar-refractivity contribution in [2.45, 2.75) is 289 Å². The lowest BCUT2D eigenvalue weighted by molar-refractivity contribution is -0.870. The molecule has 0 aliphatic rings. The topological polar surface area (TPSA) is 108 Å². The van der Waals surface area contributed by atoms with Crippen LogP contribution in [0.5, 0.6) is 0 Å². The molecule has 71 heavy (non-hydrogen) atoms. The number of quaternary nitrogens is 1. The van der Waals surface area contributed by atoms with Crippen molar-refractivity contribution in [1.82, 2.24) is 5.32 Å². The van der Waals surface area contributed by atoms with Crippen molar-refractivity contribution in [1.29, 1.82) is 0 Å². The molecule has 0 fully saturated rings. The fourth-order valence-electron chi connectivity index (χ4n) is 8.79. The minimum atomic E-state index is -4.60. The molecule has 0 saturated heterocycles. The number of nitrogens with one attached hydrogen (secondary N) is 1. The molecule has 3 atom stereocenters. The number of aliphatic hydroxyl groups is 1. The number of carbonyl (C=O) groups is 1. The maximum atomic E-state index is 13.0. The second kappa shape index (κ2) is 53.0. The minimum Gasteiger partial charge on any atom is -0.756 e. The third kappa shape index (κ3) is 55.8. The van der Waals surface area contributed by atoms with Gasteiger partial charge in [0.1, 0.15) is 13.2 Å². The Labute approximate surface area is 441 Å². The number of hydrogen-bond donors (Lipinski definition) is 2. The molecule has 8 nitrogen and oxygen atoms in total. The Morgan fingerprint density at radius 1 is 0.507 bits per heavy atom. The lowest BCUT2D eigenvalue weighted by atomic mass is 10.0. The van der Waals surface area contributed by atoms with Crippen LogP contribution in [0.2, 0.25) is 0 Å². The summed E-state index contributed by atoms with van der Waals surface area (Å²) in [7, 11) is 1.27. The monoisotopic (exact) mass is 1020 g/mol. The molecule has 0 radical (unpaired) electrons. The van der Waals surface area contributed by atoms with Crippen LogP contribution in [0.25, 0.3) is 0 Å². The van der Waals surface area contributed by atoms with Crippen molar-refractivity contribution in [2.75, 3.05) is 40.9 Å². The van der Waals surface area contributed by atoms with Crippen LogP contribution in [0.1, 0.15) is 277 Å². The van der Waals surface area contributed by atoms with E-state index in [-0.39, 0.29) is 19.1 Å². The third-order valence-corrected chi connectivity index (χ3v) is 14.4. The highest BCUT2D eigenvalue weighted by Crippen LogP contribution is 2.38. The van der Waals surface area contributed by atoms with Crippen molar-refractivity contribution >= 4 is 13.7 Å². The molecule has 0 heterocycles. The summed E-state index contributed by atoms with van der Waals surface area (Å²) in [5, 5.41) is 13.9. The number of aliphatic hydroxyl groups excluding tert-OH is 1. The van der Waals surface area contributed by atoms with Crippen LogP contribution in [0, 0.1) is 0 Å². The number of carbonyl (C=O) groups excluding carboxylic acids is 1. The molecular formula is C62H117N2O6P. The number of hydrogen-bond acceptors (Lipinski definition) is 6. The molecule has 0 spiro atoms. The minimum absolute atomic E-state index is 0.000511. The average Bonchev–Trinajstić information content (AvgIpc) is 3.33. The Morgan fingerprint density at radius 3 is 1.25 bits per heavy atom. The normalized spacial score (nSPS) is 14.3. The van der Waals surface area contributed by atoms with Gasteiger partial charge < -0.3 is 28.8 Å². The third-order valence-electron chi connectivity index (χ3n) is 13.5. The van der Waals surface area contributed by atoms with Gasteiger partial charge in [0.05, 0.1) is 39.9 Å². The summed E-state index contributed by atoms with van der Waals surface area (Å²) in [4.78, 5) is 25.5. The first kappa shape index (κ1) is 69.2. The molecule has 0 rings (SSSR count). The molecule has 2 N–H and O–H groups in total. The summed E-state index contributed by atoms with van der Waals surface area (Å²) in [6, 6.07) is -0.886. The van der Waals surface area contributed by atoms with E-state index >= 15 is 0 Å². The standard InChI is InChI=1S/C62H117N2O6P/c1-6-8-10-12-14-16-18-20-22-24-25-26-27-28-29-30-31-32-33-34-35-36-37-38-39-40-42-44-46-48-50-52-54-56-62(66)63-60(59-70-71(67,68)69-58-57-64(3,4)5)61(65)55-53-51-49-47-45-43-41-23-21-19-17-15-13-11-9-7-2/h8,10,14,16,20,22,25-26,53,55,60-61,65H,6-7,9,11-13,15,17-19,21,23-24,27-52,54,56-59H2,1-5H3,(H-,63,66,67,68)/b10-8-,16-14-,22-20-,26-25-,55-53+. The summed E-state index contributed by atoms with van der Waals surface area (Å²) >= 11 is 0. The van der Waals surface area contributed by atoms with E-state index in [0.717, 1.165) is 64.2 Å². The molecule has 0 saturated carbocycles. The molecular weight excluding hydrogens is 900 g/mol. The average molecular weight is 1020 g/mol. The van der Waals surface area contributed by atoms with Crippen LogP contribution in [0.15, 0.2) is 60.8 Å². The van der Waals surface area contributed by atoms with Crippen molar-refractivity contribution in [3.63, 3.8) is 0 Å². The lowest BCUT2D eigenvalue weighted by Gasteiger charge is -2.29. The van der Waals surface area contributed by atoms with Gasteiger partial charge in [0, 0.05) is 6.42 Å². The largest absolute Gasteiger partial charge is 0.756 e. The number of rotatable bonds is 55. The molecule has 416 valence electrons. The van der Waals surface area contributed by atoms with Crippen LogP contribution in [-0.2, 0) is 18.4 Å². The number of phosphoric ester groups is 1. The predicted octanol–water partition coefficient (Wildman–Crippen LogP) is 17.9. The van der Waals surface area contributed by atoms with Crippen molar-refractivity contribution < 1.29 is 32.9 Å². The van der Waals surface area contributed by atoms with Crippen molar-refractivity contribution in [3.05, 3.63) is 60.8 Å². The number of amides is 1. The second-order valence-corrected chi connectivity index (χ2v) is 23.1. The molecule has 1 amide bonds. The zero-order valence-corrected chi connectivity index (χ0v) is 48.3. The van der Waals surface area contributed by atoms with Crippen LogP contribution in [0.4, 0.5) is 0 Å². The van der Waals surface area contributed by atoms with E-state index in [1.165, 1.54) is 193 Å². The smallest absolute Gasteiger partial charge is 0.268 e. The summed E-state index contributed by atoms with van der Waals surface area (Å²) in [6.07, 6.45) is 71.6. The highest BCUT2D eigenvalue weighted by atomic mass is 31.2. The van der Waals surface area contributed by atoms with Crippen LogP contribution in [-0.4, -0.2) is 68.5 Å². The lowest BCUT2D eigenvalue weighted by Crippen LogP contribution is -2.45. The predicted molar refractivity (Wildman–Crippen MR) is 307 cm³/mol. The van der Waals surface area contributed by atoms with E-state index < -0.39 is 20.0 Å². The Morgan fingerprint density at radius 2 is 0.859 bits per heavy atom. The Kier molecular flexibility index (Phi) is 51.7. The Balaban J connectivity index is 4.04. The van der Waals surface area contributed by atoms with Gasteiger partial charge in [0.15, 0.2) is 0 Å². The second-order valence-electron chi connectivity index (χ2n) is 21.7. The number of allylic oxidation sites excluding steroid dienone is 9. The molecule has 0 aromatic carbocycles. The molecule has 3 unspecified atom stereocenters. The van der Waals surface area contributed by atoms with E-state index in [0.29, 0.717) is 17.4 Å². The van der Waals surface area contributed by atoms with Gasteiger partial charge in [-0.25, -0.2) is 0 Å². The van der Waals surface area contributed by atoms with Crippen LogP contribution < -0.4 is 10.2 Å². The highest BCUT2D eigenvalue weighted by molar-refractivity contribution is 7.45. The van der Waals surface area contributed by atoms with E-state index in [1.54, 1.807) is 6.08 Å². The molecule has 0 bridgehead atoms. The zero-order valence-electron chi connectivity index (χ0n) is 47.4. The maximum absolute atomic E-state index is 13.0. The molecule has 9 heteroatoms. The number of nitrogens with zero attached hydrogens (tertiary/aromatic N) is 1. The summed E-state index contributed by atoms with van der Waals surface area (Å²) < 4.78 is 23.4. The van der Waals surface area contributed by atoms with E-state index in [9.17, 15) is 19.4 Å². The first-order valence-corrected chi connectivity index (χ1v) is 31.6. The van der Waals surface area contributed by atoms with Gasteiger partial charge in [0.25, 0.3) is 7.82 Å². The molecule has 0 aliphatic carbocycles. The quantitative estimate of drug-likeness (QED) is 0.0272. The van der Waals surface area contributed by atoms with Gasteiger partial charge >= 0.3 is 0 Å². The van der Waals surface area contributed by atoms with Gasteiger partial charge in [-0.05, 0) is 57.8 Å².